The lowest BCUT2D eigenvalue weighted by atomic mass is 9.83. The van der Waals surface area contributed by atoms with Gasteiger partial charge in [0, 0.05) is 37.7 Å². The van der Waals surface area contributed by atoms with E-state index in [-0.39, 0.29) is 24.2 Å². The van der Waals surface area contributed by atoms with Gasteiger partial charge in [0.2, 0.25) is 11.8 Å². The summed E-state index contributed by atoms with van der Waals surface area (Å²) in [4.78, 5) is 18.9. The molecule has 2 fully saturated rings. The van der Waals surface area contributed by atoms with Gasteiger partial charge in [-0.25, -0.2) is 4.98 Å². The van der Waals surface area contributed by atoms with E-state index in [9.17, 15) is 4.79 Å². The fraction of sp³-hybridized carbons (Fsp3) is 0.500. The second kappa shape index (κ2) is 9.58. The molecule has 2 aromatic rings. The van der Waals surface area contributed by atoms with Crippen molar-refractivity contribution in [3.63, 3.8) is 0 Å². The molecule has 160 valence electrons. The standard InChI is InChI=1S/C24H30N2O4/c1-19-6-5-9-22(25-19)30-21-10-15-29-24(16-21)11-13-26(14-12-24)23(27)18-28-17-20-7-3-2-4-8-20/h2-9,21H,10-18H2,1H3. The molecule has 0 aliphatic carbocycles. The molecule has 1 spiro atoms. The number of hydrogen-bond donors (Lipinski definition) is 0. The Morgan fingerprint density at radius 3 is 2.73 bits per heavy atom. The predicted octanol–water partition coefficient (Wildman–Crippen LogP) is 3.53. The van der Waals surface area contributed by atoms with Crippen LogP contribution < -0.4 is 4.74 Å². The molecular weight excluding hydrogens is 380 g/mol. The third-order valence-corrected chi connectivity index (χ3v) is 5.96. The summed E-state index contributed by atoms with van der Waals surface area (Å²) in [5.41, 5.74) is 1.83. The minimum atomic E-state index is -0.200. The largest absolute Gasteiger partial charge is 0.474 e. The first-order chi connectivity index (χ1) is 14.6. The molecule has 1 amide bonds. The van der Waals surface area contributed by atoms with E-state index < -0.39 is 0 Å². The number of carbonyl (C=O) groups excluding carboxylic acids is 1. The zero-order valence-electron chi connectivity index (χ0n) is 17.6. The zero-order valence-corrected chi connectivity index (χ0v) is 17.6. The number of nitrogens with zero attached hydrogens (tertiary/aromatic N) is 2. The highest BCUT2D eigenvalue weighted by molar-refractivity contribution is 5.77. The van der Waals surface area contributed by atoms with Crippen molar-refractivity contribution in [1.82, 2.24) is 9.88 Å². The molecule has 2 aliphatic rings. The van der Waals surface area contributed by atoms with Crippen LogP contribution in [-0.4, -0.2) is 53.8 Å². The highest BCUT2D eigenvalue weighted by Gasteiger charge is 2.42. The van der Waals surface area contributed by atoms with Crippen LogP contribution in [0.3, 0.4) is 0 Å². The second-order valence-electron chi connectivity index (χ2n) is 8.24. The summed E-state index contributed by atoms with van der Waals surface area (Å²) in [6, 6.07) is 15.8. The number of benzene rings is 1. The quantitative estimate of drug-likeness (QED) is 0.729. The Hall–Kier alpha value is -2.44. The number of rotatable bonds is 6. The van der Waals surface area contributed by atoms with Gasteiger partial charge < -0.3 is 19.1 Å². The Labute approximate surface area is 178 Å². The van der Waals surface area contributed by atoms with E-state index in [1.165, 1.54) is 0 Å². The first kappa shape index (κ1) is 20.8. The van der Waals surface area contributed by atoms with Gasteiger partial charge in [-0.05, 0) is 31.4 Å². The third-order valence-electron chi connectivity index (χ3n) is 5.96. The van der Waals surface area contributed by atoms with Crippen LogP contribution >= 0.6 is 0 Å². The lowest BCUT2D eigenvalue weighted by molar-refractivity contribution is -0.154. The van der Waals surface area contributed by atoms with E-state index in [4.69, 9.17) is 14.2 Å². The molecule has 2 saturated heterocycles. The topological polar surface area (TPSA) is 60.9 Å². The maximum Gasteiger partial charge on any atom is 0.248 e. The lowest BCUT2D eigenvalue weighted by Gasteiger charge is -2.45. The average Bonchev–Trinajstić information content (AvgIpc) is 2.75. The van der Waals surface area contributed by atoms with Gasteiger partial charge >= 0.3 is 0 Å². The van der Waals surface area contributed by atoms with E-state index in [0.29, 0.717) is 32.2 Å². The fourth-order valence-corrected chi connectivity index (χ4v) is 4.27. The maximum absolute atomic E-state index is 12.5. The van der Waals surface area contributed by atoms with Crippen LogP contribution in [0, 0.1) is 6.92 Å². The van der Waals surface area contributed by atoms with E-state index >= 15 is 0 Å². The Kier molecular flexibility index (Phi) is 6.65. The average molecular weight is 411 g/mol. The summed E-state index contributed by atoms with van der Waals surface area (Å²) >= 11 is 0. The molecule has 0 saturated carbocycles. The number of likely N-dealkylation sites (tertiary alicyclic amines) is 1. The molecule has 6 heteroatoms. The molecule has 0 radical (unpaired) electrons. The smallest absolute Gasteiger partial charge is 0.248 e. The fourth-order valence-electron chi connectivity index (χ4n) is 4.27. The number of ether oxygens (including phenoxy) is 3. The van der Waals surface area contributed by atoms with E-state index in [0.717, 1.165) is 36.9 Å². The molecule has 30 heavy (non-hydrogen) atoms. The Bertz CT molecular complexity index is 834. The normalized spacial score (nSPS) is 20.8. The summed E-state index contributed by atoms with van der Waals surface area (Å²) in [6.07, 6.45) is 3.48. The van der Waals surface area contributed by atoms with Gasteiger partial charge in [0.15, 0.2) is 0 Å². The Balaban J connectivity index is 1.24. The molecule has 4 rings (SSSR count). The number of aryl methyl sites for hydroxylation is 1. The van der Waals surface area contributed by atoms with E-state index in [1.807, 2.05) is 60.4 Å². The second-order valence-corrected chi connectivity index (χ2v) is 8.24. The van der Waals surface area contributed by atoms with Crippen molar-refractivity contribution in [3.8, 4) is 5.88 Å². The molecule has 6 nitrogen and oxygen atoms in total. The van der Waals surface area contributed by atoms with Gasteiger partial charge in [-0.2, -0.15) is 0 Å². The van der Waals surface area contributed by atoms with Gasteiger partial charge in [0.05, 0.1) is 18.8 Å². The van der Waals surface area contributed by atoms with Crippen LogP contribution in [0.15, 0.2) is 48.5 Å². The van der Waals surface area contributed by atoms with Crippen molar-refractivity contribution in [3.05, 3.63) is 59.8 Å². The monoisotopic (exact) mass is 410 g/mol. The molecule has 0 N–H and O–H groups in total. The number of aromatic nitrogens is 1. The number of amides is 1. The minimum Gasteiger partial charge on any atom is -0.474 e. The Morgan fingerprint density at radius 1 is 1.17 bits per heavy atom. The Morgan fingerprint density at radius 2 is 1.97 bits per heavy atom. The predicted molar refractivity (Wildman–Crippen MR) is 113 cm³/mol. The van der Waals surface area contributed by atoms with Crippen molar-refractivity contribution < 1.29 is 19.0 Å². The van der Waals surface area contributed by atoms with Crippen molar-refractivity contribution in [2.75, 3.05) is 26.3 Å². The summed E-state index contributed by atoms with van der Waals surface area (Å²) in [5.74, 6) is 0.730. The summed E-state index contributed by atoms with van der Waals surface area (Å²) in [5, 5.41) is 0. The van der Waals surface area contributed by atoms with E-state index in [2.05, 4.69) is 4.98 Å². The molecule has 1 atom stereocenters. The number of piperidine rings is 1. The third kappa shape index (κ3) is 5.37. The number of hydrogen-bond acceptors (Lipinski definition) is 5. The van der Waals surface area contributed by atoms with Crippen LogP contribution in [-0.2, 0) is 20.9 Å². The van der Waals surface area contributed by atoms with Gasteiger partial charge in [0.25, 0.3) is 0 Å². The first-order valence-corrected chi connectivity index (χ1v) is 10.8. The highest BCUT2D eigenvalue weighted by atomic mass is 16.5. The van der Waals surface area contributed by atoms with Gasteiger partial charge in [-0.1, -0.05) is 36.4 Å². The lowest BCUT2D eigenvalue weighted by Crippen LogP contribution is -2.53. The van der Waals surface area contributed by atoms with Crippen LogP contribution in [0.2, 0.25) is 0 Å². The van der Waals surface area contributed by atoms with Crippen molar-refractivity contribution in [1.29, 1.82) is 0 Å². The first-order valence-electron chi connectivity index (χ1n) is 10.8. The SMILES string of the molecule is Cc1cccc(OC2CCOC3(CCN(C(=O)COCc4ccccc4)CC3)C2)n1. The zero-order chi connectivity index (χ0) is 20.8. The van der Waals surface area contributed by atoms with Crippen LogP contribution in [0.4, 0.5) is 0 Å². The number of pyridine rings is 1. The van der Waals surface area contributed by atoms with Gasteiger partial charge in [0.1, 0.15) is 12.7 Å². The van der Waals surface area contributed by atoms with Crippen LogP contribution in [0.5, 0.6) is 5.88 Å². The molecule has 1 aromatic heterocycles. The van der Waals surface area contributed by atoms with Crippen molar-refractivity contribution in [2.45, 2.75) is 50.9 Å². The number of carbonyl (C=O) groups is 1. The highest BCUT2D eigenvalue weighted by Crippen LogP contribution is 2.36. The summed E-state index contributed by atoms with van der Waals surface area (Å²) in [6.45, 7) is 4.62. The van der Waals surface area contributed by atoms with Gasteiger partial charge in [-0.15, -0.1) is 0 Å². The van der Waals surface area contributed by atoms with Crippen LogP contribution in [0.1, 0.15) is 36.9 Å². The van der Waals surface area contributed by atoms with E-state index in [1.54, 1.807) is 0 Å². The molecular formula is C24H30N2O4. The molecule has 2 aliphatic heterocycles. The van der Waals surface area contributed by atoms with Gasteiger partial charge in [-0.3, -0.25) is 4.79 Å². The van der Waals surface area contributed by atoms with Crippen LogP contribution in [0.25, 0.3) is 0 Å². The summed E-state index contributed by atoms with van der Waals surface area (Å²) < 4.78 is 18.0. The van der Waals surface area contributed by atoms with Crippen molar-refractivity contribution >= 4 is 5.91 Å². The molecule has 3 heterocycles. The molecule has 0 bridgehead atoms. The summed E-state index contributed by atoms with van der Waals surface area (Å²) in [7, 11) is 0. The maximum atomic E-state index is 12.5. The van der Waals surface area contributed by atoms with Crippen molar-refractivity contribution in [2.24, 2.45) is 0 Å². The molecule has 1 unspecified atom stereocenters. The molecule has 1 aromatic carbocycles. The minimum absolute atomic E-state index is 0.0494.